The van der Waals surface area contributed by atoms with Gasteiger partial charge >= 0.3 is 0 Å². The summed E-state index contributed by atoms with van der Waals surface area (Å²) in [7, 11) is 0. The zero-order valence-corrected chi connectivity index (χ0v) is 22.6. The first-order valence-corrected chi connectivity index (χ1v) is 14.2. The van der Waals surface area contributed by atoms with E-state index >= 15 is 0 Å². The van der Waals surface area contributed by atoms with Crippen LogP contribution < -0.4 is 0 Å². The highest BCUT2D eigenvalue weighted by molar-refractivity contribution is 9.10. The maximum Gasteiger partial charge on any atom is 0.0726 e. The van der Waals surface area contributed by atoms with Gasteiger partial charge in [0.2, 0.25) is 0 Å². The first-order valence-electron chi connectivity index (χ1n) is 13.4. The number of rotatable bonds is 1. The molecule has 6 aromatic carbocycles. The van der Waals surface area contributed by atoms with E-state index in [2.05, 4.69) is 154 Å². The van der Waals surface area contributed by atoms with Crippen molar-refractivity contribution in [1.29, 1.82) is 0 Å². The lowest BCUT2D eigenvalue weighted by molar-refractivity contribution is 0.794. The van der Waals surface area contributed by atoms with E-state index in [4.69, 9.17) is 0 Å². The van der Waals surface area contributed by atoms with Gasteiger partial charge in [-0.25, -0.2) is 0 Å². The molecule has 0 radical (unpaired) electrons. The Balaban J connectivity index is 1.52. The second-order valence-corrected chi connectivity index (χ2v) is 11.5. The van der Waals surface area contributed by atoms with E-state index in [0.29, 0.717) is 0 Å². The normalized spacial score (nSPS) is 14.0. The Morgan fingerprint density at radius 1 is 0.462 bits per heavy atom. The summed E-state index contributed by atoms with van der Waals surface area (Å²) >= 11 is 3.64. The van der Waals surface area contributed by atoms with E-state index in [1.807, 2.05) is 0 Å². The van der Waals surface area contributed by atoms with Crippen LogP contribution in [0.25, 0.3) is 49.7 Å². The molecular weight excluding hydrogens is 538 g/mol. The number of fused-ring (bicyclic) bond motifs is 14. The number of aromatic nitrogens is 1. The fourth-order valence-electron chi connectivity index (χ4n) is 7.49. The third kappa shape index (κ3) is 2.55. The molecule has 2 aliphatic rings. The van der Waals surface area contributed by atoms with E-state index in [1.165, 1.54) is 72.0 Å². The van der Waals surface area contributed by atoms with Gasteiger partial charge in [0.25, 0.3) is 0 Å². The first-order chi connectivity index (χ1) is 19.3. The maximum atomic E-state index is 3.64. The van der Waals surface area contributed by atoms with Crippen LogP contribution >= 0.6 is 15.9 Å². The van der Waals surface area contributed by atoms with E-state index in [1.54, 1.807) is 0 Å². The van der Waals surface area contributed by atoms with Crippen molar-refractivity contribution in [2.75, 3.05) is 0 Å². The standard InChI is InChI=1S/C37H22BrN/c38-23-17-19-24(20-18-23)39-34-16-8-4-11-27(34)28-21-22-33-35(36(28)39)29-12-3-7-15-32(29)37(33)30-13-5-1-9-25(30)26-10-2-6-14-31(26)37/h1-22H. The van der Waals surface area contributed by atoms with Crippen molar-refractivity contribution in [2.24, 2.45) is 0 Å². The summed E-state index contributed by atoms with van der Waals surface area (Å²) in [6, 6.07) is 49.4. The Kier molecular flexibility index (Phi) is 4.19. The highest BCUT2D eigenvalue weighted by Crippen LogP contribution is 2.64. The number of para-hydroxylation sites is 1. The van der Waals surface area contributed by atoms with Crippen LogP contribution in [-0.2, 0) is 5.41 Å². The van der Waals surface area contributed by atoms with Crippen LogP contribution in [0.5, 0.6) is 0 Å². The average molecular weight is 560 g/mol. The van der Waals surface area contributed by atoms with Gasteiger partial charge in [0.1, 0.15) is 0 Å². The molecule has 1 spiro atoms. The molecule has 0 bridgehead atoms. The van der Waals surface area contributed by atoms with Gasteiger partial charge in [-0.15, -0.1) is 0 Å². The number of nitrogens with zero attached hydrogens (tertiary/aromatic N) is 1. The molecule has 0 unspecified atom stereocenters. The van der Waals surface area contributed by atoms with Gasteiger partial charge in [0.15, 0.2) is 0 Å². The minimum absolute atomic E-state index is 0.339. The van der Waals surface area contributed by atoms with Crippen LogP contribution in [0.4, 0.5) is 0 Å². The van der Waals surface area contributed by atoms with Gasteiger partial charge in [-0.1, -0.05) is 119 Å². The zero-order chi connectivity index (χ0) is 25.7. The lowest BCUT2D eigenvalue weighted by atomic mass is 9.70. The summed E-state index contributed by atoms with van der Waals surface area (Å²) in [6.45, 7) is 0. The first kappa shape index (κ1) is 21.5. The van der Waals surface area contributed by atoms with Crippen molar-refractivity contribution >= 4 is 37.7 Å². The number of hydrogen-bond acceptors (Lipinski definition) is 0. The lowest BCUT2D eigenvalue weighted by Crippen LogP contribution is -2.25. The molecule has 0 amide bonds. The molecule has 0 N–H and O–H groups in total. The van der Waals surface area contributed by atoms with Crippen LogP contribution in [0.2, 0.25) is 0 Å². The lowest BCUT2D eigenvalue weighted by Gasteiger charge is -2.30. The van der Waals surface area contributed by atoms with Crippen LogP contribution in [-0.4, -0.2) is 4.57 Å². The van der Waals surface area contributed by atoms with Crippen molar-refractivity contribution < 1.29 is 0 Å². The van der Waals surface area contributed by atoms with Gasteiger partial charge in [0, 0.05) is 26.5 Å². The summed E-state index contributed by atoms with van der Waals surface area (Å²) in [5, 5.41) is 2.57. The van der Waals surface area contributed by atoms with E-state index < -0.39 is 0 Å². The van der Waals surface area contributed by atoms with Gasteiger partial charge < -0.3 is 4.57 Å². The maximum absolute atomic E-state index is 3.64. The molecule has 39 heavy (non-hydrogen) atoms. The number of halogens is 1. The molecule has 0 atom stereocenters. The van der Waals surface area contributed by atoms with Crippen molar-refractivity contribution in [3.8, 4) is 27.9 Å². The fraction of sp³-hybridized carbons (Fsp3) is 0.0270. The largest absolute Gasteiger partial charge is 0.309 e. The second kappa shape index (κ2) is 7.59. The second-order valence-electron chi connectivity index (χ2n) is 10.6. The molecule has 0 saturated heterocycles. The quantitative estimate of drug-likeness (QED) is 0.188. The molecule has 0 aliphatic heterocycles. The Morgan fingerprint density at radius 3 is 1.72 bits per heavy atom. The van der Waals surface area contributed by atoms with Gasteiger partial charge in [0.05, 0.1) is 16.4 Å². The Morgan fingerprint density at radius 2 is 1.03 bits per heavy atom. The molecule has 7 aromatic rings. The van der Waals surface area contributed by atoms with Crippen molar-refractivity contribution in [2.45, 2.75) is 5.41 Å². The third-order valence-electron chi connectivity index (χ3n) is 8.88. The molecule has 9 rings (SSSR count). The van der Waals surface area contributed by atoms with Crippen LogP contribution in [0.3, 0.4) is 0 Å². The summed E-state index contributed by atoms with van der Waals surface area (Å²) in [5.41, 5.74) is 14.2. The predicted octanol–water partition coefficient (Wildman–Crippen LogP) is 9.89. The molecule has 0 fully saturated rings. The smallest absolute Gasteiger partial charge is 0.0726 e. The highest BCUT2D eigenvalue weighted by Gasteiger charge is 2.52. The summed E-state index contributed by atoms with van der Waals surface area (Å²) in [4.78, 5) is 0. The van der Waals surface area contributed by atoms with Gasteiger partial charge in [-0.3, -0.25) is 0 Å². The molecule has 0 saturated carbocycles. The topological polar surface area (TPSA) is 4.93 Å². The van der Waals surface area contributed by atoms with E-state index in [9.17, 15) is 0 Å². The Bertz CT molecular complexity index is 2080. The number of hydrogen-bond donors (Lipinski definition) is 0. The van der Waals surface area contributed by atoms with Crippen molar-refractivity contribution in [3.05, 3.63) is 160 Å². The summed E-state index contributed by atoms with van der Waals surface area (Å²) in [6.07, 6.45) is 0. The fourth-order valence-corrected chi connectivity index (χ4v) is 7.75. The van der Waals surface area contributed by atoms with Crippen molar-refractivity contribution in [1.82, 2.24) is 4.57 Å². The average Bonchev–Trinajstić information content (AvgIpc) is 3.60. The molecular formula is C37H22BrN. The monoisotopic (exact) mass is 559 g/mol. The van der Waals surface area contributed by atoms with Crippen LogP contribution in [0.15, 0.2) is 138 Å². The Labute approximate surface area is 235 Å². The summed E-state index contributed by atoms with van der Waals surface area (Å²) < 4.78 is 3.55. The molecule has 1 heterocycles. The minimum atomic E-state index is -0.339. The van der Waals surface area contributed by atoms with Crippen molar-refractivity contribution in [3.63, 3.8) is 0 Å². The molecule has 1 aromatic heterocycles. The van der Waals surface area contributed by atoms with Crippen LogP contribution in [0, 0.1) is 0 Å². The molecule has 182 valence electrons. The Hall–Kier alpha value is -4.40. The highest BCUT2D eigenvalue weighted by atomic mass is 79.9. The SMILES string of the molecule is Brc1ccc(-n2c3ccccc3c3ccc4c(c32)-c2ccccc2C42c3ccccc3-c3ccccc32)cc1. The molecule has 2 heteroatoms. The number of benzene rings is 6. The third-order valence-corrected chi connectivity index (χ3v) is 9.41. The zero-order valence-electron chi connectivity index (χ0n) is 21.0. The van der Waals surface area contributed by atoms with E-state index in [0.717, 1.165) is 4.47 Å². The van der Waals surface area contributed by atoms with E-state index in [-0.39, 0.29) is 5.41 Å². The molecule has 2 aliphatic carbocycles. The van der Waals surface area contributed by atoms with Gasteiger partial charge in [-0.05, 0) is 69.3 Å². The van der Waals surface area contributed by atoms with Gasteiger partial charge in [-0.2, -0.15) is 0 Å². The summed E-state index contributed by atoms with van der Waals surface area (Å²) in [5.74, 6) is 0. The predicted molar refractivity (Wildman–Crippen MR) is 165 cm³/mol. The molecule has 1 nitrogen and oxygen atoms in total. The van der Waals surface area contributed by atoms with Crippen LogP contribution in [0.1, 0.15) is 22.3 Å². The minimum Gasteiger partial charge on any atom is -0.309 e.